The van der Waals surface area contributed by atoms with Gasteiger partial charge in [0.05, 0.1) is 12.3 Å². The summed E-state index contributed by atoms with van der Waals surface area (Å²) in [5.41, 5.74) is 0.840. The van der Waals surface area contributed by atoms with Crippen LogP contribution >= 0.6 is 11.8 Å². The van der Waals surface area contributed by atoms with E-state index in [0.29, 0.717) is 18.3 Å². The molecule has 3 nitrogen and oxygen atoms in total. The van der Waals surface area contributed by atoms with Gasteiger partial charge in [0.25, 0.3) is 0 Å². The highest BCUT2D eigenvalue weighted by Crippen LogP contribution is 2.11. The average Bonchev–Trinajstić information content (AvgIpc) is 2.65. The van der Waals surface area contributed by atoms with Gasteiger partial charge in [-0.3, -0.25) is 9.79 Å². The number of aliphatic imine (C=N–C) groups is 1. The molecule has 0 aromatic carbocycles. The van der Waals surface area contributed by atoms with Gasteiger partial charge in [0.15, 0.2) is 5.78 Å². The molecule has 4 heteroatoms. The molecule has 0 aliphatic carbocycles. The second-order valence-corrected chi connectivity index (χ2v) is 5.25. The number of rotatable bonds is 6. The van der Waals surface area contributed by atoms with E-state index in [0.717, 1.165) is 23.6 Å². The monoisotopic (exact) mass is 240 g/mol. The molecule has 90 valence electrons. The second-order valence-electron chi connectivity index (χ2n) is 4.15. The first-order valence-corrected chi connectivity index (χ1v) is 6.91. The molecule has 0 amide bonds. The predicted octanol–water partition coefficient (Wildman–Crippen LogP) is 2.04. The number of ketones is 1. The molecule has 1 N–H and O–H groups in total. The van der Waals surface area contributed by atoms with Crippen molar-refractivity contribution in [2.45, 2.75) is 33.2 Å². The van der Waals surface area contributed by atoms with Gasteiger partial charge in [0, 0.05) is 11.6 Å². The molecule has 0 unspecified atom stereocenters. The summed E-state index contributed by atoms with van der Waals surface area (Å²) in [6.07, 6.45) is 3.00. The van der Waals surface area contributed by atoms with Crippen molar-refractivity contribution < 1.29 is 4.79 Å². The van der Waals surface area contributed by atoms with Gasteiger partial charge in [-0.25, -0.2) is 0 Å². The van der Waals surface area contributed by atoms with Crippen molar-refractivity contribution in [3.8, 4) is 0 Å². The highest BCUT2D eigenvalue weighted by molar-refractivity contribution is 7.99. The summed E-state index contributed by atoms with van der Waals surface area (Å²) < 4.78 is 0. The van der Waals surface area contributed by atoms with E-state index in [1.807, 2.05) is 6.08 Å². The number of carbonyl (C=O) groups is 1. The van der Waals surface area contributed by atoms with Crippen molar-refractivity contribution in [2.75, 3.05) is 18.1 Å². The lowest BCUT2D eigenvalue weighted by Gasteiger charge is -2.06. The third-order valence-corrected chi connectivity index (χ3v) is 3.27. The maximum Gasteiger partial charge on any atom is 0.170 e. The normalized spacial score (nSPS) is 15.0. The van der Waals surface area contributed by atoms with Crippen LogP contribution in [0.1, 0.15) is 27.2 Å². The van der Waals surface area contributed by atoms with Gasteiger partial charge in [-0.1, -0.05) is 6.92 Å². The summed E-state index contributed by atoms with van der Waals surface area (Å²) in [5, 5.41) is 3.21. The van der Waals surface area contributed by atoms with E-state index in [4.69, 9.17) is 0 Å². The zero-order valence-electron chi connectivity index (χ0n) is 10.2. The molecule has 0 saturated heterocycles. The zero-order valence-corrected chi connectivity index (χ0v) is 11.1. The summed E-state index contributed by atoms with van der Waals surface area (Å²) in [4.78, 5) is 16.1. The third kappa shape index (κ3) is 4.39. The smallest absolute Gasteiger partial charge is 0.170 e. The SMILES string of the molecule is CCCSCC(=O)C1=CC(NC(C)C)=NC1. The van der Waals surface area contributed by atoms with Crippen molar-refractivity contribution in [3.05, 3.63) is 11.6 Å². The van der Waals surface area contributed by atoms with E-state index in [2.05, 4.69) is 31.1 Å². The second kappa shape index (κ2) is 6.74. The number of hydrogen-bond donors (Lipinski definition) is 1. The van der Waals surface area contributed by atoms with Crippen LogP contribution < -0.4 is 5.32 Å². The van der Waals surface area contributed by atoms with E-state index in [1.165, 1.54) is 0 Å². The van der Waals surface area contributed by atoms with Crippen LogP contribution in [0.5, 0.6) is 0 Å². The highest BCUT2D eigenvalue weighted by atomic mass is 32.2. The Kier molecular flexibility index (Phi) is 5.60. The van der Waals surface area contributed by atoms with Crippen LogP contribution in [-0.4, -0.2) is 35.7 Å². The quantitative estimate of drug-likeness (QED) is 0.722. The fourth-order valence-electron chi connectivity index (χ4n) is 1.38. The van der Waals surface area contributed by atoms with Crippen molar-refractivity contribution in [1.82, 2.24) is 5.32 Å². The predicted molar refractivity (Wildman–Crippen MR) is 71.3 cm³/mol. The van der Waals surface area contributed by atoms with E-state index < -0.39 is 0 Å². The minimum atomic E-state index is 0.225. The number of carbonyl (C=O) groups excluding carboxylic acids is 1. The molecule has 0 aromatic heterocycles. The van der Waals surface area contributed by atoms with Gasteiger partial charge in [0.2, 0.25) is 0 Å². The lowest BCUT2D eigenvalue weighted by atomic mass is 10.2. The Morgan fingerprint density at radius 2 is 2.38 bits per heavy atom. The molecule has 0 fully saturated rings. The molecule has 0 spiro atoms. The van der Waals surface area contributed by atoms with Crippen LogP contribution in [0.15, 0.2) is 16.6 Å². The molecule has 1 heterocycles. The molecule has 0 aromatic rings. The van der Waals surface area contributed by atoms with E-state index in [-0.39, 0.29) is 5.78 Å². The van der Waals surface area contributed by atoms with Crippen LogP contribution in [0.2, 0.25) is 0 Å². The third-order valence-electron chi connectivity index (χ3n) is 2.11. The van der Waals surface area contributed by atoms with Crippen molar-refractivity contribution in [3.63, 3.8) is 0 Å². The zero-order chi connectivity index (χ0) is 12.0. The fraction of sp³-hybridized carbons (Fsp3) is 0.667. The maximum absolute atomic E-state index is 11.8. The van der Waals surface area contributed by atoms with Gasteiger partial charge in [-0.05, 0) is 32.1 Å². The van der Waals surface area contributed by atoms with Crippen LogP contribution in [0.4, 0.5) is 0 Å². The molecule has 1 aliphatic heterocycles. The fourth-order valence-corrected chi connectivity index (χ4v) is 2.18. The van der Waals surface area contributed by atoms with Crippen molar-refractivity contribution >= 4 is 23.4 Å². The minimum absolute atomic E-state index is 0.225. The average molecular weight is 240 g/mol. The summed E-state index contributed by atoms with van der Waals surface area (Å²) in [5.74, 6) is 2.71. The molecule has 1 aliphatic rings. The van der Waals surface area contributed by atoms with Crippen LogP contribution in [0.25, 0.3) is 0 Å². The van der Waals surface area contributed by atoms with E-state index in [9.17, 15) is 4.79 Å². The molecular weight excluding hydrogens is 220 g/mol. The van der Waals surface area contributed by atoms with Gasteiger partial charge in [0.1, 0.15) is 5.84 Å². The molecular formula is C12H20N2OS. The molecule has 0 radical (unpaired) electrons. The molecule has 0 bridgehead atoms. The lowest BCUT2D eigenvalue weighted by molar-refractivity contribution is -0.113. The van der Waals surface area contributed by atoms with Crippen LogP contribution in [-0.2, 0) is 4.79 Å². The Hall–Kier alpha value is -0.770. The maximum atomic E-state index is 11.8. The van der Waals surface area contributed by atoms with E-state index in [1.54, 1.807) is 11.8 Å². The summed E-state index contributed by atoms with van der Waals surface area (Å²) >= 11 is 1.70. The highest BCUT2D eigenvalue weighted by Gasteiger charge is 2.15. The van der Waals surface area contributed by atoms with Crippen LogP contribution in [0, 0.1) is 0 Å². The Bertz CT molecular complexity index is 308. The first-order valence-electron chi connectivity index (χ1n) is 5.76. The number of nitrogens with one attached hydrogen (secondary N) is 1. The summed E-state index contributed by atoms with van der Waals surface area (Å²) in [6, 6.07) is 0.360. The standard InChI is InChI=1S/C12H20N2OS/c1-4-5-16-8-11(15)10-6-12(13-7-10)14-9(2)3/h6,9H,4-5,7-8H2,1-3H3,(H,13,14). The first-order chi connectivity index (χ1) is 7.63. The topological polar surface area (TPSA) is 41.5 Å². The molecule has 1 rings (SSSR count). The molecule has 16 heavy (non-hydrogen) atoms. The summed E-state index contributed by atoms with van der Waals surface area (Å²) in [6.45, 7) is 6.79. The van der Waals surface area contributed by atoms with Gasteiger partial charge < -0.3 is 5.32 Å². The van der Waals surface area contributed by atoms with Crippen LogP contribution in [0.3, 0.4) is 0 Å². The Morgan fingerprint density at radius 3 is 3.00 bits per heavy atom. The van der Waals surface area contributed by atoms with E-state index >= 15 is 0 Å². The number of nitrogens with zero attached hydrogens (tertiary/aromatic N) is 1. The number of amidine groups is 1. The number of thioether (sulfide) groups is 1. The van der Waals surface area contributed by atoms with Gasteiger partial charge in [-0.2, -0.15) is 11.8 Å². The summed E-state index contributed by atoms with van der Waals surface area (Å²) in [7, 11) is 0. The number of hydrogen-bond acceptors (Lipinski definition) is 4. The molecule has 0 saturated carbocycles. The first kappa shape index (κ1) is 13.3. The largest absolute Gasteiger partial charge is 0.368 e. The molecule has 0 atom stereocenters. The Balaban J connectivity index is 2.37. The van der Waals surface area contributed by atoms with Gasteiger partial charge >= 0.3 is 0 Å². The lowest BCUT2D eigenvalue weighted by Crippen LogP contribution is -2.27. The number of Topliss-reactive ketones (excluding diaryl/α,β-unsaturated/α-hetero) is 1. The Labute approximate surface area is 102 Å². The van der Waals surface area contributed by atoms with Gasteiger partial charge in [-0.15, -0.1) is 0 Å². The van der Waals surface area contributed by atoms with Crippen molar-refractivity contribution in [1.29, 1.82) is 0 Å². The van der Waals surface area contributed by atoms with Crippen molar-refractivity contribution in [2.24, 2.45) is 4.99 Å². The Morgan fingerprint density at radius 1 is 1.62 bits per heavy atom. The minimum Gasteiger partial charge on any atom is -0.368 e.